The number of hydrogen-bond donors (Lipinski definition) is 5. The molecule has 1 amide bonds. The van der Waals surface area contributed by atoms with Crippen LogP contribution in [0.1, 0.15) is 29.6 Å². The number of amides is 1. The number of guanidine groups is 1. The normalized spacial score (nSPS) is 18.6. The minimum atomic E-state index is -1.60. The largest absolute Gasteiger partial charge is 0.479 e. The summed E-state index contributed by atoms with van der Waals surface area (Å²) in [5, 5.41) is 27.0. The summed E-state index contributed by atoms with van der Waals surface area (Å²) in [5.74, 6) is -0.858. The molecule has 9 nitrogen and oxygen atoms in total. The van der Waals surface area contributed by atoms with E-state index in [9.17, 15) is 14.7 Å². The summed E-state index contributed by atoms with van der Waals surface area (Å²) < 4.78 is 0. The third-order valence-corrected chi connectivity index (χ3v) is 4.97. The smallest absolute Gasteiger partial charge is 0.334 e. The maximum atomic E-state index is 12.0. The molecule has 0 bridgehead atoms. The van der Waals surface area contributed by atoms with Gasteiger partial charge in [-0.3, -0.25) is 9.79 Å². The Labute approximate surface area is 163 Å². The van der Waals surface area contributed by atoms with Crippen LogP contribution in [0.15, 0.2) is 29.3 Å². The quantitative estimate of drug-likeness (QED) is 0.455. The summed E-state index contributed by atoms with van der Waals surface area (Å²) in [5.41, 5.74) is 1.48. The monoisotopic (exact) mass is 389 g/mol. The van der Waals surface area contributed by atoms with Crippen molar-refractivity contribution in [2.45, 2.75) is 31.4 Å². The number of carbonyl (C=O) groups is 2. The van der Waals surface area contributed by atoms with E-state index in [0.29, 0.717) is 11.6 Å². The zero-order valence-electron chi connectivity index (χ0n) is 15.7. The molecule has 2 aliphatic heterocycles. The number of nitrogens with one attached hydrogen (secondary N) is 3. The fourth-order valence-electron chi connectivity index (χ4n) is 3.31. The number of carboxylic acids is 1. The minimum absolute atomic E-state index is 0.323. The van der Waals surface area contributed by atoms with Gasteiger partial charge in [-0.25, -0.2) is 4.79 Å². The highest BCUT2D eigenvalue weighted by Crippen LogP contribution is 2.20. The maximum absolute atomic E-state index is 12.0. The first-order chi connectivity index (χ1) is 13.5. The van der Waals surface area contributed by atoms with Crippen LogP contribution in [-0.4, -0.2) is 72.9 Å². The molecular weight excluding hydrogens is 362 g/mol. The van der Waals surface area contributed by atoms with Crippen LogP contribution in [0.25, 0.3) is 0 Å². The molecule has 9 heteroatoms. The van der Waals surface area contributed by atoms with E-state index in [1.807, 2.05) is 12.1 Å². The number of carbonyl (C=O) groups excluding carboxylic acids is 1. The van der Waals surface area contributed by atoms with E-state index in [4.69, 9.17) is 5.11 Å². The number of piperidine rings is 1. The van der Waals surface area contributed by atoms with Crippen LogP contribution in [0.5, 0.6) is 0 Å². The van der Waals surface area contributed by atoms with Crippen molar-refractivity contribution in [2.75, 3.05) is 37.6 Å². The molecule has 0 spiro atoms. The first-order valence-electron chi connectivity index (χ1n) is 9.62. The van der Waals surface area contributed by atoms with Crippen molar-refractivity contribution in [2.24, 2.45) is 4.99 Å². The van der Waals surface area contributed by atoms with Gasteiger partial charge >= 0.3 is 5.97 Å². The summed E-state index contributed by atoms with van der Waals surface area (Å²) in [7, 11) is 0. The van der Waals surface area contributed by atoms with Gasteiger partial charge in [-0.2, -0.15) is 0 Å². The van der Waals surface area contributed by atoms with Gasteiger partial charge in [0.15, 0.2) is 12.1 Å². The van der Waals surface area contributed by atoms with E-state index in [1.165, 1.54) is 0 Å². The van der Waals surface area contributed by atoms with E-state index < -0.39 is 18.0 Å². The van der Waals surface area contributed by atoms with Crippen molar-refractivity contribution in [3.05, 3.63) is 29.8 Å². The molecule has 2 heterocycles. The van der Waals surface area contributed by atoms with Crippen LogP contribution >= 0.6 is 0 Å². The Hall–Kier alpha value is -2.81. The molecule has 1 atom stereocenters. The molecule has 0 radical (unpaired) electrons. The molecule has 1 saturated heterocycles. The Balaban J connectivity index is 1.47. The molecular formula is C19H27N5O4. The Morgan fingerprint density at radius 1 is 1.25 bits per heavy atom. The van der Waals surface area contributed by atoms with Crippen molar-refractivity contribution >= 4 is 23.5 Å². The molecule has 1 unspecified atom stereocenters. The average molecular weight is 389 g/mol. The van der Waals surface area contributed by atoms with Crippen molar-refractivity contribution in [1.82, 2.24) is 16.0 Å². The number of aliphatic hydroxyl groups excluding tert-OH is 1. The van der Waals surface area contributed by atoms with Gasteiger partial charge in [-0.15, -0.1) is 0 Å². The highest BCUT2D eigenvalue weighted by Gasteiger charge is 2.21. The van der Waals surface area contributed by atoms with Crippen LogP contribution in [0, 0.1) is 0 Å². The van der Waals surface area contributed by atoms with Gasteiger partial charge in [-0.05, 0) is 43.5 Å². The van der Waals surface area contributed by atoms with Crippen molar-refractivity contribution in [1.29, 1.82) is 0 Å². The number of aliphatic imine (C=N–C) groups is 1. The zero-order valence-corrected chi connectivity index (χ0v) is 15.7. The maximum Gasteiger partial charge on any atom is 0.334 e. The lowest BCUT2D eigenvalue weighted by Crippen LogP contribution is -2.50. The third kappa shape index (κ3) is 5.35. The number of benzene rings is 1. The van der Waals surface area contributed by atoms with Gasteiger partial charge in [0.25, 0.3) is 5.91 Å². The van der Waals surface area contributed by atoms with E-state index in [-0.39, 0.29) is 6.54 Å². The standard InChI is InChI=1S/C19H27N5O4/c25-16(18(27)28)12-22-17(26)13-2-4-15(5-3-13)24-10-6-14(7-11-24)23-19-20-8-1-9-21-19/h2-5,14,16,25H,1,6-12H2,(H,22,26)(H,27,28)(H2,20,21,23). The van der Waals surface area contributed by atoms with E-state index in [0.717, 1.165) is 57.1 Å². The van der Waals surface area contributed by atoms with Crippen molar-refractivity contribution in [3.8, 4) is 0 Å². The second kappa shape index (κ2) is 9.41. The van der Waals surface area contributed by atoms with Crippen LogP contribution in [0.2, 0.25) is 0 Å². The second-order valence-corrected chi connectivity index (χ2v) is 7.03. The minimum Gasteiger partial charge on any atom is -0.479 e. The molecule has 5 N–H and O–H groups in total. The summed E-state index contributed by atoms with van der Waals surface area (Å²) in [6.45, 7) is 3.36. The van der Waals surface area contributed by atoms with Gasteiger partial charge < -0.3 is 31.1 Å². The number of carboxylic acid groups (broad SMARTS) is 1. The van der Waals surface area contributed by atoms with Gasteiger partial charge in [0.05, 0.1) is 6.54 Å². The highest BCUT2D eigenvalue weighted by atomic mass is 16.4. The predicted octanol–water partition coefficient (Wildman–Crippen LogP) is -0.230. The Morgan fingerprint density at radius 3 is 2.57 bits per heavy atom. The number of hydrogen-bond acceptors (Lipinski definition) is 7. The molecule has 1 aromatic carbocycles. The molecule has 3 rings (SSSR count). The Morgan fingerprint density at radius 2 is 1.96 bits per heavy atom. The Bertz CT molecular complexity index is 714. The first kappa shape index (κ1) is 19.9. The van der Waals surface area contributed by atoms with E-state index in [2.05, 4.69) is 25.8 Å². The number of anilines is 1. The molecule has 0 aliphatic carbocycles. The fourth-order valence-corrected chi connectivity index (χ4v) is 3.31. The fraction of sp³-hybridized carbons (Fsp3) is 0.526. The molecule has 0 saturated carbocycles. The average Bonchev–Trinajstić information content (AvgIpc) is 2.73. The summed E-state index contributed by atoms with van der Waals surface area (Å²) in [4.78, 5) is 29.4. The number of rotatable bonds is 6. The van der Waals surface area contributed by atoms with Gasteiger partial charge in [0, 0.05) is 43.5 Å². The Kier molecular flexibility index (Phi) is 6.70. The summed E-state index contributed by atoms with van der Waals surface area (Å²) in [6.07, 6.45) is 1.50. The van der Waals surface area contributed by atoms with E-state index in [1.54, 1.807) is 12.1 Å². The number of aliphatic carboxylic acids is 1. The molecule has 28 heavy (non-hydrogen) atoms. The van der Waals surface area contributed by atoms with Crippen LogP contribution in [-0.2, 0) is 4.79 Å². The summed E-state index contributed by atoms with van der Waals surface area (Å²) in [6, 6.07) is 7.61. The van der Waals surface area contributed by atoms with Crippen LogP contribution < -0.4 is 20.9 Å². The molecule has 1 fully saturated rings. The zero-order chi connectivity index (χ0) is 19.9. The lowest BCUT2D eigenvalue weighted by Gasteiger charge is -2.35. The van der Waals surface area contributed by atoms with Gasteiger partial charge in [0.2, 0.25) is 0 Å². The van der Waals surface area contributed by atoms with Crippen molar-refractivity contribution < 1.29 is 19.8 Å². The second-order valence-electron chi connectivity index (χ2n) is 7.03. The number of nitrogens with zero attached hydrogens (tertiary/aromatic N) is 2. The number of aliphatic hydroxyl groups is 1. The SMILES string of the molecule is O=C(NCC(O)C(=O)O)c1ccc(N2CCC(NC3=NCCCN3)CC2)cc1. The van der Waals surface area contributed by atoms with E-state index >= 15 is 0 Å². The van der Waals surface area contributed by atoms with Crippen molar-refractivity contribution in [3.63, 3.8) is 0 Å². The van der Waals surface area contributed by atoms with Crippen LogP contribution in [0.4, 0.5) is 5.69 Å². The lowest BCUT2D eigenvalue weighted by atomic mass is 10.0. The topological polar surface area (TPSA) is 126 Å². The first-order valence-corrected chi connectivity index (χ1v) is 9.62. The highest BCUT2D eigenvalue weighted by molar-refractivity contribution is 5.94. The molecule has 1 aromatic rings. The summed E-state index contributed by atoms with van der Waals surface area (Å²) >= 11 is 0. The third-order valence-electron chi connectivity index (χ3n) is 4.97. The van der Waals surface area contributed by atoms with Gasteiger partial charge in [-0.1, -0.05) is 0 Å². The molecule has 0 aromatic heterocycles. The van der Waals surface area contributed by atoms with Gasteiger partial charge in [0.1, 0.15) is 0 Å². The molecule has 2 aliphatic rings. The molecule has 152 valence electrons. The lowest BCUT2D eigenvalue weighted by molar-refractivity contribution is -0.146. The van der Waals surface area contributed by atoms with Crippen LogP contribution in [0.3, 0.4) is 0 Å². The predicted molar refractivity (Wildman–Crippen MR) is 106 cm³/mol.